The summed E-state index contributed by atoms with van der Waals surface area (Å²) in [6.07, 6.45) is -15.7. The van der Waals surface area contributed by atoms with Crippen molar-refractivity contribution in [1.82, 2.24) is 0 Å². The Kier molecular flexibility index (Phi) is 5.48. The van der Waals surface area contributed by atoms with E-state index in [1.54, 1.807) is 6.92 Å². The molecule has 0 spiro atoms. The van der Waals surface area contributed by atoms with Gasteiger partial charge in [0.15, 0.2) is 0 Å². The number of benzene rings is 1. The summed E-state index contributed by atoms with van der Waals surface area (Å²) in [6.45, 7) is 1.76. The Hall–Kier alpha value is -1.31. The Morgan fingerprint density at radius 2 is 1.45 bits per heavy atom. The van der Waals surface area contributed by atoms with Crippen LogP contribution >= 0.6 is 0 Å². The van der Waals surface area contributed by atoms with Crippen LogP contribution in [0.1, 0.15) is 37.0 Å². The SMILES string of the molecule is CCCc1ccccc1C(O)CC(F)(C(F)(F)F)C(F)(F)F. The van der Waals surface area contributed by atoms with E-state index in [1.807, 2.05) is 0 Å². The maximum Gasteiger partial charge on any atom is 0.431 e. The molecule has 0 saturated carbocycles. The Morgan fingerprint density at radius 1 is 0.955 bits per heavy atom. The van der Waals surface area contributed by atoms with Gasteiger partial charge in [0.2, 0.25) is 0 Å². The summed E-state index contributed by atoms with van der Waals surface area (Å²) in [6, 6.07) is 5.57. The van der Waals surface area contributed by atoms with Crippen LogP contribution in [-0.2, 0) is 6.42 Å². The van der Waals surface area contributed by atoms with E-state index in [4.69, 9.17) is 0 Å². The third-order valence-corrected chi connectivity index (χ3v) is 3.31. The molecule has 1 N–H and O–H groups in total. The van der Waals surface area contributed by atoms with Gasteiger partial charge in [0.1, 0.15) is 0 Å². The van der Waals surface area contributed by atoms with Crippen molar-refractivity contribution in [3.8, 4) is 0 Å². The zero-order valence-electron chi connectivity index (χ0n) is 11.6. The summed E-state index contributed by atoms with van der Waals surface area (Å²) in [5, 5.41) is 9.75. The number of rotatable bonds is 5. The van der Waals surface area contributed by atoms with Gasteiger partial charge in [0.25, 0.3) is 0 Å². The van der Waals surface area contributed by atoms with Gasteiger partial charge in [-0.2, -0.15) is 26.3 Å². The van der Waals surface area contributed by atoms with E-state index in [1.165, 1.54) is 24.3 Å². The van der Waals surface area contributed by atoms with Crippen LogP contribution in [0.2, 0.25) is 0 Å². The highest BCUT2D eigenvalue weighted by atomic mass is 19.4. The second-order valence-electron chi connectivity index (χ2n) is 4.97. The molecular weight excluding hydrogens is 317 g/mol. The van der Waals surface area contributed by atoms with Gasteiger partial charge < -0.3 is 5.11 Å². The van der Waals surface area contributed by atoms with Crippen molar-refractivity contribution in [3.05, 3.63) is 35.4 Å². The smallest absolute Gasteiger partial charge is 0.388 e. The van der Waals surface area contributed by atoms with Crippen molar-refractivity contribution in [2.45, 2.75) is 50.3 Å². The van der Waals surface area contributed by atoms with E-state index in [0.717, 1.165) is 0 Å². The lowest BCUT2D eigenvalue weighted by Gasteiger charge is -2.32. The summed E-state index contributed by atoms with van der Waals surface area (Å²) in [5.74, 6) is 0. The molecule has 22 heavy (non-hydrogen) atoms. The lowest BCUT2D eigenvalue weighted by molar-refractivity contribution is -0.347. The molecule has 0 aliphatic carbocycles. The molecule has 8 heteroatoms. The highest BCUT2D eigenvalue weighted by molar-refractivity contribution is 5.29. The van der Waals surface area contributed by atoms with Gasteiger partial charge in [-0.1, -0.05) is 37.6 Å². The first-order valence-electron chi connectivity index (χ1n) is 6.52. The molecule has 0 aromatic heterocycles. The van der Waals surface area contributed by atoms with Crippen LogP contribution in [0.4, 0.5) is 30.7 Å². The Bertz CT molecular complexity index is 479. The number of aliphatic hydroxyl groups is 1. The minimum absolute atomic E-state index is 0.125. The topological polar surface area (TPSA) is 20.2 Å². The van der Waals surface area contributed by atoms with Crippen molar-refractivity contribution >= 4 is 0 Å². The fraction of sp³-hybridized carbons (Fsp3) is 0.571. The van der Waals surface area contributed by atoms with Gasteiger partial charge in [-0.15, -0.1) is 0 Å². The van der Waals surface area contributed by atoms with E-state index in [-0.39, 0.29) is 5.56 Å². The van der Waals surface area contributed by atoms with Gasteiger partial charge >= 0.3 is 18.0 Å². The van der Waals surface area contributed by atoms with Gasteiger partial charge in [0.05, 0.1) is 6.10 Å². The number of aryl methyl sites for hydroxylation is 1. The fourth-order valence-electron chi connectivity index (χ4n) is 2.12. The molecule has 126 valence electrons. The predicted octanol–water partition coefficient (Wildman–Crippen LogP) is 4.90. The number of hydrogen-bond acceptors (Lipinski definition) is 1. The van der Waals surface area contributed by atoms with Crippen molar-refractivity contribution in [2.75, 3.05) is 0 Å². The van der Waals surface area contributed by atoms with E-state index < -0.39 is 30.5 Å². The third-order valence-electron chi connectivity index (χ3n) is 3.31. The maximum absolute atomic E-state index is 13.6. The minimum Gasteiger partial charge on any atom is -0.388 e. The number of hydrogen-bond donors (Lipinski definition) is 1. The van der Waals surface area contributed by atoms with Gasteiger partial charge in [0, 0.05) is 6.42 Å². The lowest BCUT2D eigenvalue weighted by atomic mass is 9.90. The average molecular weight is 332 g/mol. The fourth-order valence-corrected chi connectivity index (χ4v) is 2.12. The highest BCUT2D eigenvalue weighted by Gasteiger charge is 2.72. The van der Waals surface area contributed by atoms with Crippen LogP contribution in [0.5, 0.6) is 0 Å². The molecule has 1 atom stereocenters. The third kappa shape index (κ3) is 3.71. The quantitative estimate of drug-likeness (QED) is 0.761. The van der Waals surface area contributed by atoms with E-state index >= 15 is 0 Å². The standard InChI is InChI=1S/C14H15F7O/c1-2-5-9-6-3-4-7-10(9)11(22)8-12(15,13(16,17)18)14(19,20)21/h3-4,6-7,11,22H,2,5,8H2,1H3. The normalized spacial score (nSPS) is 15.0. The molecule has 0 bridgehead atoms. The largest absolute Gasteiger partial charge is 0.431 e. The zero-order valence-corrected chi connectivity index (χ0v) is 11.6. The molecule has 0 aliphatic rings. The first-order valence-corrected chi connectivity index (χ1v) is 6.52. The number of aliphatic hydroxyl groups excluding tert-OH is 1. The molecule has 1 aromatic rings. The minimum atomic E-state index is -6.16. The molecule has 0 amide bonds. The van der Waals surface area contributed by atoms with Crippen LogP contribution < -0.4 is 0 Å². The van der Waals surface area contributed by atoms with Crippen LogP contribution in [0.25, 0.3) is 0 Å². The van der Waals surface area contributed by atoms with Crippen LogP contribution in [-0.4, -0.2) is 23.1 Å². The van der Waals surface area contributed by atoms with Gasteiger partial charge in [-0.3, -0.25) is 0 Å². The molecule has 0 saturated heterocycles. The second kappa shape index (κ2) is 6.44. The molecular formula is C14H15F7O. The summed E-state index contributed by atoms with van der Waals surface area (Å²) in [4.78, 5) is 0. The van der Waals surface area contributed by atoms with Crippen LogP contribution in [0.15, 0.2) is 24.3 Å². The van der Waals surface area contributed by atoms with Crippen molar-refractivity contribution in [3.63, 3.8) is 0 Å². The predicted molar refractivity (Wildman–Crippen MR) is 66.0 cm³/mol. The molecule has 0 heterocycles. The Balaban J connectivity index is 3.16. The first kappa shape index (κ1) is 18.7. The molecule has 1 aromatic carbocycles. The summed E-state index contributed by atoms with van der Waals surface area (Å²) in [7, 11) is 0. The number of alkyl halides is 7. The summed E-state index contributed by atoms with van der Waals surface area (Å²) in [5.41, 5.74) is -5.19. The van der Waals surface area contributed by atoms with Crippen molar-refractivity contribution in [2.24, 2.45) is 0 Å². The van der Waals surface area contributed by atoms with E-state index in [2.05, 4.69) is 0 Å². The Morgan fingerprint density at radius 3 is 1.91 bits per heavy atom. The maximum atomic E-state index is 13.6. The second-order valence-corrected chi connectivity index (χ2v) is 4.97. The first-order chi connectivity index (χ1) is 9.94. The zero-order chi connectivity index (χ0) is 17.2. The summed E-state index contributed by atoms with van der Waals surface area (Å²) >= 11 is 0. The van der Waals surface area contributed by atoms with Gasteiger partial charge in [-0.25, -0.2) is 4.39 Å². The van der Waals surface area contributed by atoms with Crippen LogP contribution in [0, 0.1) is 0 Å². The monoisotopic (exact) mass is 332 g/mol. The summed E-state index contributed by atoms with van der Waals surface area (Å²) < 4.78 is 88.8. The van der Waals surface area contributed by atoms with Crippen molar-refractivity contribution < 1.29 is 35.8 Å². The van der Waals surface area contributed by atoms with Crippen LogP contribution in [0.3, 0.4) is 0 Å². The average Bonchev–Trinajstić information content (AvgIpc) is 2.37. The lowest BCUT2D eigenvalue weighted by Crippen LogP contribution is -2.54. The molecule has 1 rings (SSSR count). The molecule has 0 fully saturated rings. The molecule has 1 unspecified atom stereocenters. The molecule has 1 nitrogen and oxygen atoms in total. The Labute approximate surface area is 122 Å². The van der Waals surface area contributed by atoms with E-state index in [9.17, 15) is 35.8 Å². The van der Waals surface area contributed by atoms with Gasteiger partial charge in [-0.05, 0) is 17.5 Å². The van der Waals surface area contributed by atoms with Crippen molar-refractivity contribution in [1.29, 1.82) is 0 Å². The molecule has 0 aliphatic heterocycles. The van der Waals surface area contributed by atoms with E-state index in [0.29, 0.717) is 18.4 Å². The molecule has 0 radical (unpaired) electrons. The highest BCUT2D eigenvalue weighted by Crippen LogP contribution is 2.50. The number of halogens is 7.